The number of hydrogen-bond donors (Lipinski definition) is 2. The molecular formula is C21H26N2O2. The van der Waals surface area contributed by atoms with Gasteiger partial charge in [-0.2, -0.15) is 0 Å². The van der Waals surface area contributed by atoms with E-state index >= 15 is 0 Å². The number of rotatable bonds is 8. The quantitative estimate of drug-likeness (QED) is 0.661. The van der Waals surface area contributed by atoms with Gasteiger partial charge >= 0.3 is 0 Å². The van der Waals surface area contributed by atoms with Crippen molar-refractivity contribution in [2.75, 3.05) is 13.2 Å². The van der Waals surface area contributed by atoms with Gasteiger partial charge in [0.1, 0.15) is 18.5 Å². The van der Waals surface area contributed by atoms with Crippen LogP contribution in [0, 0.1) is 0 Å². The Morgan fingerprint density at radius 2 is 1.84 bits per heavy atom. The summed E-state index contributed by atoms with van der Waals surface area (Å²) < 4.78 is 8.09. The molecule has 0 spiro atoms. The molecule has 2 aromatic carbocycles. The molecule has 0 saturated carbocycles. The Balaban J connectivity index is 1.70. The van der Waals surface area contributed by atoms with E-state index in [-0.39, 0.29) is 6.61 Å². The highest BCUT2D eigenvalue weighted by molar-refractivity contribution is 5.86. The molecule has 1 heterocycles. The molecule has 25 heavy (non-hydrogen) atoms. The second-order valence-corrected chi connectivity index (χ2v) is 6.65. The van der Waals surface area contributed by atoms with Crippen molar-refractivity contribution in [2.24, 2.45) is 0 Å². The molecule has 3 rings (SSSR count). The highest BCUT2D eigenvalue weighted by atomic mass is 16.5. The molecule has 0 bridgehead atoms. The molecule has 1 aromatic heterocycles. The van der Waals surface area contributed by atoms with Crippen molar-refractivity contribution in [1.29, 1.82) is 0 Å². The number of ether oxygens (including phenoxy) is 1. The highest BCUT2D eigenvalue weighted by Crippen LogP contribution is 2.27. The van der Waals surface area contributed by atoms with Crippen LogP contribution in [0.25, 0.3) is 10.9 Å². The van der Waals surface area contributed by atoms with Crippen LogP contribution in [-0.2, 0) is 6.54 Å². The second kappa shape index (κ2) is 8.19. The fourth-order valence-corrected chi connectivity index (χ4v) is 2.86. The van der Waals surface area contributed by atoms with Crippen LogP contribution < -0.4 is 10.1 Å². The van der Waals surface area contributed by atoms with Gasteiger partial charge in [0.25, 0.3) is 0 Å². The molecule has 4 nitrogen and oxygen atoms in total. The summed E-state index contributed by atoms with van der Waals surface area (Å²) in [5, 5.41) is 14.3. The molecule has 132 valence electrons. The van der Waals surface area contributed by atoms with Crippen LogP contribution in [-0.4, -0.2) is 35.0 Å². The Morgan fingerprint density at radius 3 is 2.60 bits per heavy atom. The van der Waals surface area contributed by atoms with Gasteiger partial charge in [-0.3, -0.25) is 0 Å². The lowest BCUT2D eigenvalue weighted by molar-refractivity contribution is 0.105. The third-order valence-electron chi connectivity index (χ3n) is 4.16. The molecule has 0 aliphatic carbocycles. The molecule has 0 aliphatic heterocycles. The second-order valence-electron chi connectivity index (χ2n) is 6.65. The minimum absolute atomic E-state index is 0.280. The zero-order valence-electron chi connectivity index (χ0n) is 14.9. The molecule has 0 amide bonds. The van der Waals surface area contributed by atoms with Gasteiger partial charge < -0.3 is 19.7 Å². The van der Waals surface area contributed by atoms with Crippen molar-refractivity contribution in [3.8, 4) is 5.75 Å². The first-order valence-electron chi connectivity index (χ1n) is 8.79. The minimum Gasteiger partial charge on any atom is -0.490 e. The molecule has 0 radical (unpaired) electrons. The lowest BCUT2D eigenvalue weighted by atomic mass is 10.2. The van der Waals surface area contributed by atoms with E-state index in [9.17, 15) is 5.11 Å². The fourth-order valence-electron chi connectivity index (χ4n) is 2.86. The first-order valence-corrected chi connectivity index (χ1v) is 8.79. The topological polar surface area (TPSA) is 46.4 Å². The SMILES string of the molecule is CC(C)NCC(O)COc1cccc2c1ccn2Cc1ccccc1. The van der Waals surface area contributed by atoms with E-state index in [0.717, 1.165) is 23.2 Å². The number of aliphatic hydroxyl groups is 1. The van der Waals surface area contributed by atoms with Gasteiger partial charge in [0, 0.05) is 30.7 Å². The first-order chi connectivity index (χ1) is 12.1. The van der Waals surface area contributed by atoms with Crippen molar-refractivity contribution < 1.29 is 9.84 Å². The van der Waals surface area contributed by atoms with Crippen LogP contribution in [0.3, 0.4) is 0 Å². The summed E-state index contributed by atoms with van der Waals surface area (Å²) in [6.07, 6.45) is 1.56. The molecule has 2 N–H and O–H groups in total. The molecule has 4 heteroatoms. The van der Waals surface area contributed by atoms with Gasteiger partial charge in [0.05, 0.1) is 5.52 Å². The maximum atomic E-state index is 10.0. The van der Waals surface area contributed by atoms with Gasteiger partial charge in [0.15, 0.2) is 0 Å². The minimum atomic E-state index is -0.524. The normalized spacial score (nSPS) is 12.6. The average molecular weight is 338 g/mol. The largest absolute Gasteiger partial charge is 0.490 e. The Labute approximate surface area is 149 Å². The zero-order chi connectivity index (χ0) is 17.6. The van der Waals surface area contributed by atoms with Gasteiger partial charge in [-0.1, -0.05) is 50.2 Å². The summed E-state index contributed by atoms with van der Waals surface area (Å²) in [6.45, 7) is 5.76. The van der Waals surface area contributed by atoms with Crippen molar-refractivity contribution in [3.05, 3.63) is 66.4 Å². The molecule has 0 fully saturated rings. The predicted octanol–water partition coefficient (Wildman–Crippen LogP) is 3.43. The molecule has 0 saturated heterocycles. The van der Waals surface area contributed by atoms with E-state index in [1.54, 1.807) is 0 Å². The van der Waals surface area contributed by atoms with Gasteiger partial charge in [-0.15, -0.1) is 0 Å². The Kier molecular flexibility index (Phi) is 5.74. The zero-order valence-corrected chi connectivity index (χ0v) is 14.9. The van der Waals surface area contributed by atoms with E-state index in [1.807, 2.05) is 18.2 Å². The maximum absolute atomic E-state index is 10.0. The van der Waals surface area contributed by atoms with Crippen LogP contribution >= 0.6 is 0 Å². The van der Waals surface area contributed by atoms with E-state index < -0.39 is 6.10 Å². The molecule has 3 aromatic rings. The van der Waals surface area contributed by atoms with Gasteiger partial charge in [-0.25, -0.2) is 0 Å². The van der Waals surface area contributed by atoms with Gasteiger partial charge in [0.2, 0.25) is 0 Å². The third-order valence-corrected chi connectivity index (χ3v) is 4.16. The first kappa shape index (κ1) is 17.5. The number of hydrogen-bond acceptors (Lipinski definition) is 3. The molecular weight excluding hydrogens is 312 g/mol. The fraction of sp³-hybridized carbons (Fsp3) is 0.333. The van der Waals surface area contributed by atoms with E-state index in [1.165, 1.54) is 5.56 Å². The summed E-state index contributed by atoms with van der Waals surface area (Å²) in [5.74, 6) is 0.813. The summed E-state index contributed by atoms with van der Waals surface area (Å²) in [6, 6.07) is 18.9. The third kappa shape index (κ3) is 4.62. The lowest BCUT2D eigenvalue weighted by Gasteiger charge is -2.15. The Bertz CT molecular complexity index is 796. The van der Waals surface area contributed by atoms with E-state index in [2.05, 4.69) is 66.3 Å². The number of aromatic nitrogens is 1. The predicted molar refractivity (Wildman–Crippen MR) is 102 cm³/mol. The van der Waals surface area contributed by atoms with Crippen LogP contribution in [0.2, 0.25) is 0 Å². The van der Waals surface area contributed by atoms with Crippen LogP contribution in [0.15, 0.2) is 60.8 Å². The van der Waals surface area contributed by atoms with E-state index in [4.69, 9.17) is 4.74 Å². The monoisotopic (exact) mass is 338 g/mol. The van der Waals surface area contributed by atoms with Crippen LogP contribution in [0.5, 0.6) is 5.75 Å². The maximum Gasteiger partial charge on any atom is 0.128 e. The van der Waals surface area contributed by atoms with Crippen molar-refractivity contribution in [1.82, 2.24) is 9.88 Å². The Morgan fingerprint density at radius 1 is 1.04 bits per heavy atom. The van der Waals surface area contributed by atoms with Crippen LogP contribution in [0.4, 0.5) is 0 Å². The number of fused-ring (bicyclic) bond motifs is 1. The highest BCUT2D eigenvalue weighted by Gasteiger charge is 2.10. The number of benzene rings is 2. The number of nitrogens with zero attached hydrogens (tertiary/aromatic N) is 1. The summed E-state index contributed by atoms with van der Waals surface area (Å²) in [4.78, 5) is 0. The molecule has 0 aliphatic rings. The van der Waals surface area contributed by atoms with Crippen LogP contribution in [0.1, 0.15) is 19.4 Å². The summed E-state index contributed by atoms with van der Waals surface area (Å²) in [5.41, 5.74) is 2.40. The number of aliphatic hydroxyl groups excluding tert-OH is 1. The van der Waals surface area contributed by atoms with Gasteiger partial charge in [-0.05, 0) is 23.8 Å². The van der Waals surface area contributed by atoms with Crippen molar-refractivity contribution >= 4 is 10.9 Å². The van der Waals surface area contributed by atoms with Crippen molar-refractivity contribution in [3.63, 3.8) is 0 Å². The standard InChI is InChI=1S/C21H26N2O2/c1-16(2)22-13-18(24)15-25-21-10-6-9-20-19(21)11-12-23(20)14-17-7-4-3-5-8-17/h3-12,16,18,22,24H,13-15H2,1-2H3. The number of nitrogens with one attached hydrogen (secondary N) is 1. The lowest BCUT2D eigenvalue weighted by Crippen LogP contribution is -2.35. The summed E-state index contributed by atoms with van der Waals surface area (Å²) >= 11 is 0. The smallest absolute Gasteiger partial charge is 0.128 e. The molecule has 1 atom stereocenters. The Hall–Kier alpha value is -2.30. The van der Waals surface area contributed by atoms with Crippen molar-refractivity contribution in [2.45, 2.75) is 32.5 Å². The summed E-state index contributed by atoms with van der Waals surface area (Å²) in [7, 11) is 0. The molecule has 1 unspecified atom stereocenters. The average Bonchev–Trinajstić information content (AvgIpc) is 3.02. The van der Waals surface area contributed by atoms with E-state index in [0.29, 0.717) is 12.6 Å².